The lowest BCUT2D eigenvalue weighted by atomic mass is 9.84. The maximum absolute atomic E-state index is 12.6. The van der Waals surface area contributed by atoms with Crippen LogP contribution in [0, 0.1) is 11.8 Å². The summed E-state index contributed by atoms with van der Waals surface area (Å²) in [5, 5.41) is 4.17. The molecule has 2 aliphatic heterocycles. The third kappa shape index (κ3) is 3.58. The highest BCUT2D eigenvalue weighted by Gasteiger charge is 2.29. The van der Waals surface area contributed by atoms with Gasteiger partial charge >= 0.3 is 0 Å². The van der Waals surface area contributed by atoms with Crippen LogP contribution in [-0.4, -0.2) is 25.5 Å². The number of anilines is 1. The highest BCUT2D eigenvalue weighted by atomic mass is 35.5. The molecule has 0 radical (unpaired) electrons. The van der Waals surface area contributed by atoms with E-state index in [4.69, 9.17) is 11.6 Å². The second-order valence-corrected chi connectivity index (χ2v) is 6.71. The first-order chi connectivity index (χ1) is 10.2. The monoisotopic (exact) mass is 342 g/mol. The Labute approximate surface area is 143 Å². The maximum Gasteiger partial charge on any atom is 0.227 e. The lowest BCUT2D eigenvalue weighted by Crippen LogP contribution is -2.35. The van der Waals surface area contributed by atoms with Crippen molar-refractivity contribution in [3.05, 3.63) is 28.8 Å². The van der Waals surface area contributed by atoms with Crippen molar-refractivity contribution < 1.29 is 4.79 Å². The minimum atomic E-state index is 0. The first-order valence-electron chi connectivity index (χ1n) is 7.95. The van der Waals surface area contributed by atoms with Gasteiger partial charge in [0, 0.05) is 23.7 Å². The van der Waals surface area contributed by atoms with Crippen LogP contribution in [0.2, 0.25) is 5.02 Å². The quantitative estimate of drug-likeness (QED) is 0.908. The van der Waals surface area contributed by atoms with Crippen LogP contribution in [0.1, 0.15) is 31.7 Å². The van der Waals surface area contributed by atoms with E-state index in [0.29, 0.717) is 18.3 Å². The molecule has 1 aromatic rings. The van der Waals surface area contributed by atoms with Gasteiger partial charge in [0.1, 0.15) is 0 Å². The topological polar surface area (TPSA) is 32.3 Å². The van der Waals surface area contributed by atoms with Crippen LogP contribution in [-0.2, 0) is 11.2 Å². The van der Waals surface area contributed by atoms with Gasteiger partial charge < -0.3 is 10.2 Å². The molecule has 1 amide bonds. The Balaban J connectivity index is 0.00000176. The van der Waals surface area contributed by atoms with Gasteiger partial charge in [0.25, 0.3) is 0 Å². The van der Waals surface area contributed by atoms with E-state index in [0.717, 1.165) is 42.3 Å². The molecule has 1 atom stereocenters. The zero-order valence-corrected chi connectivity index (χ0v) is 14.6. The van der Waals surface area contributed by atoms with E-state index in [1.54, 1.807) is 0 Å². The van der Waals surface area contributed by atoms with E-state index < -0.39 is 0 Å². The molecule has 0 bridgehead atoms. The summed E-state index contributed by atoms with van der Waals surface area (Å²) in [7, 11) is 0. The van der Waals surface area contributed by atoms with Crippen molar-refractivity contribution in [1.29, 1.82) is 0 Å². The number of benzene rings is 1. The number of nitrogens with one attached hydrogen (secondary N) is 1. The Morgan fingerprint density at radius 1 is 1.41 bits per heavy atom. The number of rotatable bonds is 3. The molecule has 1 fully saturated rings. The minimum absolute atomic E-state index is 0. The fourth-order valence-corrected chi connectivity index (χ4v) is 3.88. The molecule has 22 heavy (non-hydrogen) atoms. The summed E-state index contributed by atoms with van der Waals surface area (Å²) in [6.45, 7) is 5.18. The Morgan fingerprint density at radius 2 is 2.14 bits per heavy atom. The van der Waals surface area contributed by atoms with Crippen LogP contribution in [0.15, 0.2) is 18.2 Å². The summed E-state index contributed by atoms with van der Waals surface area (Å²) < 4.78 is 0. The van der Waals surface area contributed by atoms with Gasteiger partial charge in [-0.05, 0) is 61.9 Å². The average molecular weight is 343 g/mol. The number of carbonyl (C=O) groups excluding carboxylic acids is 1. The van der Waals surface area contributed by atoms with Crippen molar-refractivity contribution in [3.63, 3.8) is 0 Å². The molecule has 1 unspecified atom stereocenters. The predicted molar refractivity (Wildman–Crippen MR) is 94.1 cm³/mol. The second kappa shape index (κ2) is 7.67. The molecule has 5 heteroatoms. The van der Waals surface area contributed by atoms with Crippen molar-refractivity contribution in [2.24, 2.45) is 11.8 Å². The summed E-state index contributed by atoms with van der Waals surface area (Å²) in [5.41, 5.74) is 2.15. The zero-order chi connectivity index (χ0) is 14.8. The van der Waals surface area contributed by atoms with Gasteiger partial charge in [-0.1, -0.05) is 24.6 Å². The standard InChI is InChI=1S/C17H23ClN2O.ClH/c1-12(13-5-8-19-9-6-13)11-17(21)20-10-7-14-15(18)3-2-4-16(14)20;/h2-4,12-13,19H,5-11H2,1H3;1H. The van der Waals surface area contributed by atoms with E-state index in [2.05, 4.69) is 12.2 Å². The van der Waals surface area contributed by atoms with Crippen LogP contribution >= 0.6 is 24.0 Å². The predicted octanol–water partition coefficient (Wildman–Crippen LogP) is 3.68. The molecule has 2 aliphatic rings. The fourth-order valence-electron chi connectivity index (χ4n) is 3.62. The lowest BCUT2D eigenvalue weighted by Gasteiger charge is -2.29. The summed E-state index contributed by atoms with van der Waals surface area (Å²) in [4.78, 5) is 14.6. The molecule has 2 heterocycles. The molecule has 0 saturated carbocycles. The van der Waals surface area contributed by atoms with Gasteiger partial charge in [-0.25, -0.2) is 0 Å². The SMILES string of the molecule is CC(CC(=O)N1CCc2c(Cl)cccc21)C1CCNCC1.Cl. The van der Waals surface area contributed by atoms with Crippen LogP contribution in [0.25, 0.3) is 0 Å². The van der Waals surface area contributed by atoms with Gasteiger partial charge in [0.15, 0.2) is 0 Å². The number of amides is 1. The molecular formula is C17H24Cl2N2O. The Morgan fingerprint density at radius 3 is 2.86 bits per heavy atom. The summed E-state index contributed by atoms with van der Waals surface area (Å²) in [6.07, 6.45) is 3.91. The molecule has 0 spiro atoms. The van der Waals surface area contributed by atoms with Gasteiger partial charge in [0.2, 0.25) is 5.91 Å². The van der Waals surface area contributed by atoms with Crippen LogP contribution in [0.3, 0.4) is 0 Å². The summed E-state index contributed by atoms with van der Waals surface area (Å²) in [5.74, 6) is 1.39. The van der Waals surface area contributed by atoms with Crippen LogP contribution < -0.4 is 10.2 Å². The Bertz CT molecular complexity index is 529. The number of nitrogens with zero attached hydrogens (tertiary/aromatic N) is 1. The van der Waals surface area contributed by atoms with Crippen molar-refractivity contribution in [3.8, 4) is 0 Å². The van der Waals surface area contributed by atoms with Crippen LogP contribution in [0.4, 0.5) is 5.69 Å². The maximum atomic E-state index is 12.6. The van der Waals surface area contributed by atoms with Gasteiger partial charge in [0.05, 0.1) is 0 Å². The molecule has 0 aliphatic carbocycles. The molecule has 1 N–H and O–H groups in total. The molecule has 1 saturated heterocycles. The highest BCUT2D eigenvalue weighted by Crippen LogP contribution is 2.34. The lowest BCUT2D eigenvalue weighted by molar-refractivity contribution is -0.119. The summed E-state index contributed by atoms with van der Waals surface area (Å²) in [6, 6.07) is 5.86. The molecule has 3 rings (SSSR count). The van der Waals surface area contributed by atoms with Crippen molar-refractivity contribution in [1.82, 2.24) is 5.32 Å². The van der Waals surface area contributed by atoms with E-state index in [9.17, 15) is 4.79 Å². The molecule has 3 nitrogen and oxygen atoms in total. The average Bonchev–Trinajstić information content (AvgIpc) is 2.93. The number of carbonyl (C=O) groups is 1. The van der Waals surface area contributed by atoms with Crippen molar-refractivity contribution in [2.45, 2.75) is 32.6 Å². The van der Waals surface area contributed by atoms with Gasteiger partial charge in [-0.15, -0.1) is 12.4 Å². The normalized spacial score (nSPS) is 19.5. The zero-order valence-electron chi connectivity index (χ0n) is 13.0. The van der Waals surface area contributed by atoms with Gasteiger partial charge in [-0.3, -0.25) is 4.79 Å². The minimum Gasteiger partial charge on any atom is -0.317 e. The first kappa shape index (κ1) is 17.6. The highest BCUT2D eigenvalue weighted by molar-refractivity contribution is 6.32. The van der Waals surface area contributed by atoms with Crippen molar-refractivity contribution >= 4 is 35.6 Å². The van der Waals surface area contributed by atoms with Crippen LogP contribution in [0.5, 0.6) is 0 Å². The van der Waals surface area contributed by atoms with E-state index in [1.165, 1.54) is 12.8 Å². The number of piperidine rings is 1. The smallest absolute Gasteiger partial charge is 0.227 e. The number of hydrogen-bond acceptors (Lipinski definition) is 2. The number of halogens is 2. The third-order valence-electron chi connectivity index (χ3n) is 4.96. The first-order valence-corrected chi connectivity index (χ1v) is 8.33. The summed E-state index contributed by atoms with van der Waals surface area (Å²) >= 11 is 6.22. The largest absolute Gasteiger partial charge is 0.317 e. The Kier molecular flexibility index (Phi) is 6.13. The number of fused-ring (bicyclic) bond motifs is 1. The van der Waals surface area contributed by atoms with Crippen molar-refractivity contribution in [2.75, 3.05) is 24.5 Å². The fraction of sp³-hybridized carbons (Fsp3) is 0.588. The van der Waals surface area contributed by atoms with Gasteiger partial charge in [-0.2, -0.15) is 0 Å². The second-order valence-electron chi connectivity index (χ2n) is 6.30. The molecule has 1 aromatic carbocycles. The molecule has 0 aromatic heterocycles. The molecule has 122 valence electrons. The van der Waals surface area contributed by atoms with E-state index in [1.807, 2.05) is 23.1 Å². The number of hydrogen-bond donors (Lipinski definition) is 1. The molecular weight excluding hydrogens is 319 g/mol. The van der Waals surface area contributed by atoms with E-state index in [-0.39, 0.29) is 18.3 Å². The van der Waals surface area contributed by atoms with E-state index >= 15 is 0 Å². The Hall–Kier alpha value is -0.770. The third-order valence-corrected chi connectivity index (χ3v) is 5.31.